The van der Waals surface area contributed by atoms with Crippen molar-refractivity contribution in [3.8, 4) is 0 Å². The third-order valence-corrected chi connectivity index (χ3v) is 4.58. The van der Waals surface area contributed by atoms with Crippen LogP contribution in [0.4, 0.5) is 0 Å². The number of carbonyl (C=O) groups is 1. The molecule has 0 unspecified atom stereocenters. The van der Waals surface area contributed by atoms with E-state index < -0.39 is 0 Å². The van der Waals surface area contributed by atoms with E-state index >= 15 is 0 Å². The molecule has 3 rings (SSSR count). The lowest BCUT2D eigenvalue weighted by atomic mass is 9.91. The topological polar surface area (TPSA) is 51.2 Å². The molecule has 0 radical (unpaired) electrons. The largest absolute Gasteiger partial charge is 0.381 e. The van der Waals surface area contributed by atoms with Crippen molar-refractivity contribution in [2.75, 3.05) is 13.2 Å². The summed E-state index contributed by atoms with van der Waals surface area (Å²) in [5.74, 6) is 0.264. The predicted octanol–water partition coefficient (Wildman–Crippen LogP) is 3.66. The first kappa shape index (κ1) is 15.9. The van der Waals surface area contributed by atoms with Crippen LogP contribution in [-0.2, 0) is 4.74 Å². The molecule has 122 valence electrons. The van der Waals surface area contributed by atoms with E-state index in [9.17, 15) is 4.79 Å². The lowest BCUT2D eigenvalue weighted by Crippen LogP contribution is -2.49. The SMILES string of the molecule is CC(C)c1cc(C(=O)NC2(C)CCOCC2)c2ccccc2n1. The third-order valence-electron chi connectivity index (χ3n) is 4.58. The van der Waals surface area contributed by atoms with Gasteiger partial charge in [-0.05, 0) is 37.8 Å². The summed E-state index contributed by atoms with van der Waals surface area (Å²) >= 11 is 0. The van der Waals surface area contributed by atoms with E-state index in [4.69, 9.17) is 4.74 Å². The van der Waals surface area contributed by atoms with Crippen LogP contribution in [0.15, 0.2) is 30.3 Å². The molecule has 1 saturated heterocycles. The molecule has 1 aromatic heterocycles. The fraction of sp³-hybridized carbons (Fsp3) is 0.474. The molecule has 2 heterocycles. The van der Waals surface area contributed by atoms with Gasteiger partial charge in [0.15, 0.2) is 0 Å². The molecule has 0 saturated carbocycles. The van der Waals surface area contributed by atoms with Gasteiger partial charge >= 0.3 is 0 Å². The number of benzene rings is 1. The number of nitrogens with zero attached hydrogens (tertiary/aromatic N) is 1. The summed E-state index contributed by atoms with van der Waals surface area (Å²) in [4.78, 5) is 17.6. The molecule has 23 heavy (non-hydrogen) atoms. The molecular formula is C19H24N2O2. The summed E-state index contributed by atoms with van der Waals surface area (Å²) < 4.78 is 5.41. The van der Waals surface area contributed by atoms with E-state index in [-0.39, 0.29) is 17.4 Å². The Morgan fingerprint density at radius 2 is 1.96 bits per heavy atom. The summed E-state index contributed by atoms with van der Waals surface area (Å²) in [7, 11) is 0. The van der Waals surface area contributed by atoms with E-state index in [0.717, 1.165) is 29.4 Å². The molecular weight excluding hydrogens is 288 g/mol. The average Bonchev–Trinajstić information content (AvgIpc) is 2.54. The van der Waals surface area contributed by atoms with Gasteiger partial charge in [-0.3, -0.25) is 9.78 Å². The van der Waals surface area contributed by atoms with Crippen LogP contribution in [0, 0.1) is 0 Å². The van der Waals surface area contributed by atoms with Gasteiger partial charge in [-0.15, -0.1) is 0 Å². The van der Waals surface area contributed by atoms with Crippen LogP contribution >= 0.6 is 0 Å². The second-order valence-electron chi connectivity index (χ2n) is 6.89. The molecule has 1 N–H and O–H groups in total. The van der Waals surface area contributed by atoms with Crippen LogP contribution in [0.25, 0.3) is 10.9 Å². The highest BCUT2D eigenvalue weighted by Gasteiger charge is 2.30. The Kier molecular flexibility index (Phi) is 4.35. The molecule has 4 nitrogen and oxygen atoms in total. The number of carbonyl (C=O) groups excluding carboxylic acids is 1. The van der Waals surface area contributed by atoms with Gasteiger partial charge in [0.25, 0.3) is 5.91 Å². The second-order valence-corrected chi connectivity index (χ2v) is 6.89. The summed E-state index contributed by atoms with van der Waals surface area (Å²) in [5.41, 5.74) is 2.34. The molecule has 0 aliphatic carbocycles. The van der Waals surface area contributed by atoms with Gasteiger partial charge < -0.3 is 10.1 Å². The minimum atomic E-state index is -0.197. The van der Waals surface area contributed by atoms with Crippen molar-refractivity contribution in [1.29, 1.82) is 0 Å². The van der Waals surface area contributed by atoms with Gasteiger partial charge in [0.05, 0.1) is 11.1 Å². The lowest BCUT2D eigenvalue weighted by Gasteiger charge is -2.34. The Morgan fingerprint density at radius 1 is 1.26 bits per heavy atom. The molecule has 1 fully saturated rings. The van der Waals surface area contributed by atoms with E-state index in [1.165, 1.54) is 0 Å². The van der Waals surface area contributed by atoms with Crippen molar-refractivity contribution in [3.63, 3.8) is 0 Å². The Labute approximate surface area is 137 Å². The van der Waals surface area contributed by atoms with Gasteiger partial charge in [0, 0.05) is 29.8 Å². The molecule has 0 bridgehead atoms. The second kappa shape index (κ2) is 6.28. The lowest BCUT2D eigenvalue weighted by molar-refractivity contribution is 0.0423. The fourth-order valence-electron chi connectivity index (χ4n) is 2.97. The van der Waals surface area contributed by atoms with Crippen LogP contribution in [0.1, 0.15) is 55.6 Å². The first-order chi connectivity index (χ1) is 11.0. The minimum Gasteiger partial charge on any atom is -0.381 e. The zero-order valence-electron chi connectivity index (χ0n) is 14.1. The zero-order valence-corrected chi connectivity index (χ0v) is 14.1. The van der Waals surface area contributed by atoms with E-state index in [0.29, 0.717) is 18.8 Å². The van der Waals surface area contributed by atoms with Crippen molar-refractivity contribution in [1.82, 2.24) is 10.3 Å². The van der Waals surface area contributed by atoms with Crippen LogP contribution in [0.2, 0.25) is 0 Å². The van der Waals surface area contributed by atoms with E-state index in [1.807, 2.05) is 30.3 Å². The summed E-state index contributed by atoms with van der Waals surface area (Å²) in [6.07, 6.45) is 1.69. The first-order valence-corrected chi connectivity index (χ1v) is 8.28. The Bertz CT molecular complexity index is 718. The summed E-state index contributed by atoms with van der Waals surface area (Å²) in [6.45, 7) is 7.69. The molecule has 1 amide bonds. The highest BCUT2D eigenvalue weighted by atomic mass is 16.5. The maximum atomic E-state index is 12.9. The minimum absolute atomic E-state index is 0.0186. The van der Waals surface area contributed by atoms with Crippen LogP contribution < -0.4 is 5.32 Å². The van der Waals surface area contributed by atoms with Crippen molar-refractivity contribution < 1.29 is 9.53 Å². The Morgan fingerprint density at radius 3 is 2.65 bits per heavy atom. The van der Waals surface area contributed by atoms with Gasteiger partial charge in [-0.2, -0.15) is 0 Å². The molecule has 1 aliphatic rings. The van der Waals surface area contributed by atoms with Gasteiger partial charge in [0.1, 0.15) is 0 Å². The number of fused-ring (bicyclic) bond motifs is 1. The van der Waals surface area contributed by atoms with Crippen molar-refractivity contribution in [2.24, 2.45) is 0 Å². The third kappa shape index (κ3) is 3.37. The highest BCUT2D eigenvalue weighted by molar-refractivity contribution is 6.06. The quantitative estimate of drug-likeness (QED) is 0.941. The monoisotopic (exact) mass is 312 g/mol. The molecule has 2 aromatic rings. The summed E-state index contributed by atoms with van der Waals surface area (Å²) in [5, 5.41) is 4.13. The number of hydrogen-bond acceptors (Lipinski definition) is 3. The molecule has 4 heteroatoms. The highest BCUT2D eigenvalue weighted by Crippen LogP contribution is 2.25. The summed E-state index contributed by atoms with van der Waals surface area (Å²) in [6, 6.07) is 9.78. The number of nitrogens with one attached hydrogen (secondary N) is 1. The fourth-order valence-corrected chi connectivity index (χ4v) is 2.97. The number of aromatic nitrogens is 1. The van der Waals surface area contributed by atoms with Gasteiger partial charge in [-0.25, -0.2) is 0 Å². The molecule has 0 atom stereocenters. The van der Waals surface area contributed by atoms with Crippen molar-refractivity contribution in [2.45, 2.75) is 45.1 Å². The maximum Gasteiger partial charge on any atom is 0.252 e. The van der Waals surface area contributed by atoms with Crippen molar-refractivity contribution in [3.05, 3.63) is 41.6 Å². The number of rotatable bonds is 3. The van der Waals surface area contributed by atoms with Crippen LogP contribution in [0.5, 0.6) is 0 Å². The average molecular weight is 312 g/mol. The molecule has 1 aromatic carbocycles. The van der Waals surface area contributed by atoms with Gasteiger partial charge in [-0.1, -0.05) is 32.0 Å². The molecule has 0 spiro atoms. The van der Waals surface area contributed by atoms with Crippen LogP contribution in [-0.4, -0.2) is 29.6 Å². The Balaban J connectivity index is 1.98. The standard InChI is InChI=1S/C19H24N2O2/c1-13(2)17-12-15(14-6-4-5-7-16(14)20-17)18(22)21-19(3)8-10-23-11-9-19/h4-7,12-13H,8-11H2,1-3H3,(H,21,22). The van der Waals surface area contributed by atoms with E-state index in [1.54, 1.807) is 0 Å². The maximum absolute atomic E-state index is 12.9. The Hall–Kier alpha value is -1.94. The van der Waals surface area contributed by atoms with E-state index in [2.05, 4.69) is 31.1 Å². The number of para-hydroxylation sites is 1. The predicted molar refractivity (Wildman–Crippen MR) is 91.8 cm³/mol. The molecule has 1 aliphatic heterocycles. The number of ether oxygens (including phenoxy) is 1. The number of amides is 1. The zero-order chi connectivity index (χ0) is 16.4. The van der Waals surface area contributed by atoms with Gasteiger partial charge in [0.2, 0.25) is 0 Å². The first-order valence-electron chi connectivity index (χ1n) is 8.28. The number of pyridine rings is 1. The van der Waals surface area contributed by atoms with Crippen LogP contribution in [0.3, 0.4) is 0 Å². The number of hydrogen-bond donors (Lipinski definition) is 1. The van der Waals surface area contributed by atoms with Crippen molar-refractivity contribution >= 4 is 16.8 Å². The smallest absolute Gasteiger partial charge is 0.252 e. The normalized spacial score (nSPS) is 17.4.